The van der Waals surface area contributed by atoms with E-state index >= 15 is 0 Å². The van der Waals surface area contributed by atoms with Gasteiger partial charge in [0.2, 0.25) is 0 Å². The maximum absolute atomic E-state index is 13.2. The molecule has 6 heteroatoms. The van der Waals surface area contributed by atoms with Gasteiger partial charge in [0.1, 0.15) is 17.2 Å². The molecule has 0 saturated carbocycles. The average Bonchev–Trinajstić information content (AvgIpc) is 3.16. The first-order valence-corrected chi connectivity index (χ1v) is 14.8. The first-order valence-electron chi connectivity index (χ1n) is 14.1. The second-order valence-corrected chi connectivity index (χ2v) is 12.1. The van der Waals surface area contributed by atoms with Crippen LogP contribution in [0.3, 0.4) is 0 Å². The minimum absolute atomic E-state index is 0.0304. The van der Waals surface area contributed by atoms with Gasteiger partial charge < -0.3 is 10.1 Å². The van der Waals surface area contributed by atoms with Crippen LogP contribution in [0.4, 0.5) is 0 Å². The van der Waals surface area contributed by atoms with Crippen LogP contribution in [0, 0.1) is 11.8 Å². The van der Waals surface area contributed by atoms with Crippen molar-refractivity contribution in [2.75, 3.05) is 0 Å². The number of Topliss-reactive ketones (excluding diaryl/α,β-unsaturated/α-hetero) is 1. The Morgan fingerprint density at radius 1 is 1.20 bits per heavy atom. The quantitative estimate of drug-likeness (QED) is 0.368. The number of ether oxygens (including phenoxy) is 1. The molecule has 0 amide bonds. The van der Waals surface area contributed by atoms with Gasteiger partial charge in [-0.05, 0) is 85.3 Å². The smallest absolute Gasteiger partial charge is 0.164 e. The number of nitrogens with one attached hydrogen (secondary N) is 1. The molecule has 3 unspecified atom stereocenters. The van der Waals surface area contributed by atoms with Crippen molar-refractivity contribution in [2.24, 2.45) is 16.8 Å². The molecule has 1 aliphatic heterocycles. The Hall–Kier alpha value is -3.08. The lowest BCUT2D eigenvalue weighted by Gasteiger charge is -2.31. The van der Waals surface area contributed by atoms with Crippen LogP contribution in [0.5, 0.6) is 0 Å². The van der Waals surface area contributed by atoms with E-state index in [1.165, 1.54) is 0 Å². The van der Waals surface area contributed by atoms with Crippen molar-refractivity contribution < 1.29 is 9.53 Å². The molecule has 0 fully saturated rings. The van der Waals surface area contributed by atoms with Gasteiger partial charge in [0, 0.05) is 42.3 Å². The Kier molecular flexibility index (Phi) is 8.39. The predicted octanol–water partition coefficient (Wildman–Crippen LogP) is 9.07. The number of halogens is 2. The molecule has 5 rings (SSSR count). The summed E-state index contributed by atoms with van der Waals surface area (Å²) in [6.45, 7) is 8.53. The van der Waals surface area contributed by atoms with Gasteiger partial charge in [-0.2, -0.15) is 0 Å². The van der Waals surface area contributed by atoms with E-state index in [2.05, 4.69) is 69.5 Å². The van der Waals surface area contributed by atoms with Crippen LogP contribution in [0.1, 0.15) is 65.4 Å². The molecule has 0 radical (unpaired) electrons. The summed E-state index contributed by atoms with van der Waals surface area (Å²) in [6.07, 6.45) is 21.0. The highest BCUT2D eigenvalue weighted by molar-refractivity contribution is 6.40. The summed E-state index contributed by atoms with van der Waals surface area (Å²) in [6, 6.07) is 5.31. The standard InChI is InChI=1S/C34H36Cl2N2O2/c1-5-7-23-10-11-25(17-23)40-34(4)15-14-30(22(3)19-34)38-32-13-12-26-21(2)16-31(39)27(18-24(26)20-37-32)33-28(35)8-6-9-29(33)36/h6,8-12,14,17-21,23H,5,7,13,15-16H2,1-4H3,(H,37,38). The number of hydrogen-bond acceptors (Lipinski definition) is 4. The Labute approximate surface area is 247 Å². The number of carbonyl (C=O) groups is 1. The first-order chi connectivity index (χ1) is 19.2. The zero-order chi connectivity index (χ0) is 28.4. The SMILES string of the molecule is CCCC1C=CC(OC2(C)C=C(C)C(NC3=NC=C4C=C(c5c(Cl)cccc5Cl)C(=O)CC(C)C4=CC3)=CC2)=C1. The summed E-state index contributed by atoms with van der Waals surface area (Å²) in [4.78, 5) is 18.0. The average molecular weight is 576 g/mol. The fraction of sp³-hybridized carbons (Fsp3) is 0.353. The third kappa shape index (κ3) is 6.14. The Bertz CT molecular complexity index is 1450. The summed E-state index contributed by atoms with van der Waals surface area (Å²) >= 11 is 13.0. The van der Waals surface area contributed by atoms with Crippen LogP contribution in [-0.2, 0) is 9.53 Å². The molecule has 0 saturated heterocycles. The van der Waals surface area contributed by atoms with Crippen LogP contribution < -0.4 is 5.32 Å². The highest BCUT2D eigenvalue weighted by Gasteiger charge is 2.30. The molecule has 1 heterocycles. The highest BCUT2D eigenvalue weighted by atomic mass is 35.5. The van der Waals surface area contributed by atoms with Crippen LogP contribution in [-0.4, -0.2) is 17.2 Å². The molecular weight excluding hydrogens is 539 g/mol. The number of rotatable bonds is 6. The van der Waals surface area contributed by atoms with Gasteiger partial charge in [0.15, 0.2) is 5.78 Å². The molecule has 208 valence electrons. The Balaban J connectivity index is 1.35. The third-order valence-corrected chi connectivity index (χ3v) is 8.49. The molecule has 4 nitrogen and oxygen atoms in total. The summed E-state index contributed by atoms with van der Waals surface area (Å²) in [5.41, 5.74) is 4.91. The largest absolute Gasteiger partial charge is 0.483 e. The third-order valence-electron chi connectivity index (χ3n) is 7.86. The second-order valence-electron chi connectivity index (χ2n) is 11.3. The van der Waals surface area contributed by atoms with Crippen molar-refractivity contribution in [3.8, 4) is 0 Å². The predicted molar refractivity (Wildman–Crippen MR) is 166 cm³/mol. The van der Waals surface area contributed by atoms with E-state index in [0.717, 1.165) is 53.3 Å². The fourth-order valence-corrected chi connectivity index (χ4v) is 6.42. The molecule has 1 N–H and O–H groups in total. The van der Waals surface area contributed by atoms with E-state index in [4.69, 9.17) is 32.9 Å². The van der Waals surface area contributed by atoms with Crippen molar-refractivity contribution in [1.29, 1.82) is 0 Å². The minimum Gasteiger partial charge on any atom is -0.483 e. The van der Waals surface area contributed by atoms with E-state index < -0.39 is 5.60 Å². The maximum atomic E-state index is 13.2. The summed E-state index contributed by atoms with van der Waals surface area (Å²) < 4.78 is 6.43. The summed E-state index contributed by atoms with van der Waals surface area (Å²) in [5, 5.41) is 4.49. The van der Waals surface area contributed by atoms with Crippen LogP contribution in [0.2, 0.25) is 10.0 Å². The number of aliphatic imine (C=N–C) groups is 1. The van der Waals surface area contributed by atoms with Crippen LogP contribution in [0.25, 0.3) is 5.57 Å². The van der Waals surface area contributed by atoms with E-state index in [1.807, 2.05) is 12.3 Å². The topological polar surface area (TPSA) is 50.7 Å². The number of ketones is 1. The number of fused-ring (bicyclic) bond motifs is 1. The summed E-state index contributed by atoms with van der Waals surface area (Å²) in [5.74, 6) is 2.36. The van der Waals surface area contributed by atoms with Crippen LogP contribution in [0.15, 0.2) is 100 Å². The minimum atomic E-state index is -0.391. The van der Waals surface area contributed by atoms with Crippen molar-refractivity contribution >= 4 is 40.4 Å². The lowest BCUT2D eigenvalue weighted by molar-refractivity contribution is -0.114. The van der Waals surface area contributed by atoms with Gasteiger partial charge in [0.05, 0.1) is 10.0 Å². The molecule has 40 heavy (non-hydrogen) atoms. The molecule has 4 aliphatic rings. The van der Waals surface area contributed by atoms with Gasteiger partial charge in [-0.3, -0.25) is 4.79 Å². The van der Waals surface area contributed by atoms with Gasteiger partial charge in [-0.1, -0.05) is 67.8 Å². The molecule has 0 spiro atoms. The van der Waals surface area contributed by atoms with Crippen molar-refractivity contribution in [2.45, 2.75) is 65.4 Å². The van der Waals surface area contributed by atoms with Gasteiger partial charge in [-0.25, -0.2) is 4.99 Å². The zero-order valence-electron chi connectivity index (χ0n) is 23.6. The molecule has 3 atom stereocenters. The molecule has 0 aromatic heterocycles. The monoisotopic (exact) mass is 574 g/mol. The first kappa shape index (κ1) is 28.4. The van der Waals surface area contributed by atoms with Gasteiger partial charge in [-0.15, -0.1) is 0 Å². The number of hydrogen-bond donors (Lipinski definition) is 1. The van der Waals surface area contributed by atoms with E-state index in [9.17, 15) is 4.79 Å². The molecule has 1 aromatic carbocycles. The van der Waals surface area contributed by atoms with Crippen LogP contribution >= 0.6 is 23.2 Å². The maximum Gasteiger partial charge on any atom is 0.164 e. The summed E-state index contributed by atoms with van der Waals surface area (Å²) in [7, 11) is 0. The van der Waals surface area contributed by atoms with E-state index in [-0.39, 0.29) is 11.7 Å². The van der Waals surface area contributed by atoms with Crippen molar-refractivity contribution in [3.05, 3.63) is 111 Å². The zero-order valence-corrected chi connectivity index (χ0v) is 25.1. The number of carbonyl (C=O) groups excluding carboxylic acids is 1. The lowest BCUT2D eigenvalue weighted by atomic mass is 9.91. The molecule has 1 aromatic rings. The normalized spacial score (nSPS) is 26.2. The van der Waals surface area contributed by atoms with E-state index in [0.29, 0.717) is 39.9 Å². The number of nitrogens with zero attached hydrogens (tertiary/aromatic N) is 1. The fourth-order valence-electron chi connectivity index (χ4n) is 5.82. The number of amidine groups is 1. The van der Waals surface area contributed by atoms with Crippen molar-refractivity contribution in [1.82, 2.24) is 5.32 Å². The van der Waals surface area contributed by atoms with Gasteiger partial charge in [0.25, 0.3) is 0 Å². The second kappa shape index (κ2) is 11.8. The van der Waals surface area contributed by atoms with E-state index in [1.54, 1.807) is 18.2 Å². The highest BCUT2D eigenvalue weighted by Crippen LogP contribution is 2.39. The number of allylic oxidation sites excluding steroid dienone is 8. The Morgan fingerprint density at radius 2 is 1.98 bits per heavy atom. The molecule has 3 aliphatic carbocycles. The molecular formula is C34H36Cl2N2O2. The Morgan fingerprint density at radius 3 is 2.70 bits per heavy atom. The molecule has 0 bridgehead atoms. The lowest BCUT2D eigenvalue weighted by Crippen LogP contribution is -2.31. The van der Waals surface area contributed by atoms with Crippen molar-refractivity contribution in [3.63, 3.8) is 0 Å². The number of benzene rings is 1. The van der Waals surface area contributed by atoms with Gasteiger partial charge >= 0.3 is 0 Å².